The molecule has 1 saturated heterocycles. The van der Waals surface area contributed by atoms with Gasteiger partial charge in [0.2, 0.25) is 0 Å². The summed E-state index contributed by atoms with van der Waals surface area (Å²) in [4.78, 5) is 2.44. The van der Waals surface area contributed by atoms with E-state index in [9.17, 15) is 5.11 Å². The molecule has 4 heteroatoms. The first kappa shape index (κ1) is 14.5. The lowest BCUT2D eigenvalue weighted by atomic mass is 9.93. The van der Waals surface area contributed by atoms with Gasteiger partial charge in [-0.15, -0.1) is 0 Å². The molecule has 1 aliphatic rings. The lowest BCUT2D eigenvalue weighted by Crippen LogP contribution is -2.38. The maximum Gasteiger partial charge on any atom is 0.0552 e. The summed E-state index contributed by atoms with van der Waals surface area (Å²) in [5.74, 6) is 1.06. The summed E-state index contributed by atoms with van der Waals surface area (Å²) >= 11 is 0. The molecule has 4 nitrogen and oxygen atoms in total. The Morgan fingerprint density at radius 3 is 2.89 bits per heavy atom. The van der Waals surface area contributed by atoms with Crippen LogP contribution in [0.1, 0.15) is 39.2 Å². The first-order valence-corrected chi connectivity index (χ1v) is 7.46. The molecule has 0 amide bonds. The van der Waals surface area contributed by atoms with Gasteiger partial charge in [0.1, 0.15) is 0 Å². The predicted molar refractivity (Wildman–Crippen MR) is 76.7 cm³/mol. The van der Waals surface area contributed by atoms with Crippen molar-refractivity contribution in [1.29, 1.82) is 0 Å². The molecule has 0 radical (unpaired) electrons. The van der Waals surface area contributed by atoms with Gasteiger partial charge in [0.25, 0.3) is 0 Å². The maximum absolute atomic E-state index is 9.72. The van der Waals surface area contributed by atoms with Gasteiger partial charge in [-0.05, 0) is 38.1 Å². The van der Waals surface area contributed by atoms with Crippen molar-refractivity contribution in [2.75, 3.05) is 13.1 Å². The fraction of sp³-hybridized carbons (Fsp3) is 0.800. The Hall–Kier alpha value is -0.870. The highest BCUT2D eigenvalue weighted by molar-refractivity contribution is 5.04. The van der Waals surface area contributed by atoms with Crippen molar-refractivity contribution in [3.8, 4) is 0 Å². The van der Waals surface area contributed by atoms with Crippen LogP contribution in [0.4, 0.5) is 0 Å². The highest BCUT2D eigenvalue weighted by Gasteiger charge is 2.23. The van der Waals surface area contributed by atoms with Gasteiger partial charge in [0.05, 0.1) is 12.3 Å². The third kappa shape index (κ3) is 4.32. The Morgan fingerprint density at radius 1 is 1.42 bits per heavy atom. The van der Waals surface area contributed by atoms with Gasteiger partial charge in [-0.1, -0.05) is 13.8 Å². The SMILES string of the molecule is CC(C)Cn1cc(CN2CCC[C@@H]([C@H](C)O)C2)cn1. The normalized spacial score (nSPS) is 22.9. The summed E-state index contributed by atoms with van der Waals surface area (Å²) in [6.07, 6.45) is 6.29. The highest BCUT2D eigenvalue weighted by atomic mass is 16.3. The number of rotatable bonds is 5. The Morgan fingerprint density at radius 2 is 2.21 bits per heavy atom. The van der Waals surface area contributed by atoms with Crippen molar-refractivity contribution in [2.45, 2.75) is 52.8 Å². The summed E-state index contributed by atoms with van der Waals surface area (Å²) in [6.45, 7) is 10.4. The molecule has 0 aliphatic carbocycles. The van der Waals surface area contributed by atoms with Crippen LogP contribution in [-0.2, 0) is 13.1 Å². The molecule has 2 heterocycles. The second-order valence-corrected chi connectivity index (χ2v) is 6.34. The quantitative estimate of drug-likeness (QED) is 0.887. The van der Waals surface area contributed by atoms with Gasteiger partial charge < -0.3 is 5.11 Å². The molecule has 19 heavy (non-hydrogen) atoms. The van der Waals surface area contributed by atoms with E-state index in [4.69, 9.17) is 0 Å². The van der Waals surface area contributed by atoms with E-state index in [1.54, 1.807) is 0 Å². The topological polar surface area (TPSA) is 41.3 Å². The molecule has 108 valence electrons. The summed E-state index contributed by atoms with van der Waals surface area (Å²) in [7, 11) is 0. The summed E-state index contributed by atoms with van der Waals surface area (Å²) in [5.41, 5.74) is 1.28. The molecule has 0 unspecified atom stereocenters. The molecule has 1 aliphatic heterocycles. The van der Waals surface area contributed by atoms with Crippen LogP contribution in [0.5, 0.6) is 0 Å². The number of aliphatic hydroxyl groups is 1. The fourth-order valence-corrected chi connectivity index (χ4v) is 2.85. The van der Waals surface area contributed by atoms with E-state index in [1.807, 2.05) is 17.8 Å². The second kappa shape index (κ2) is 6.53. The maximum atomic E-state index is 9.72. The molecular formula is C15H27N3O. The van der Waals surface area contributed by atoms with Crippen molar-refractivity contribution in [3.05, 3.63) is 18.0 Å². The average Bonchev–Trinajstić information content (AvgIpc) is 2.76. The number of hydrogen-bond acceptors (Lipinski definition) is 3. The van der Waals surface area contributed by atoms with Crippen LogP contribution >= 0.6 is 0 Å². The van der Waals surface area contributed by atoms with Crippen molar-refractivity contribution in [3.63, 3.8) is 0 Å². The molecule has 1 N–H and O–H groups in total. The van der Waals surface area contributed by atoms with E-state index in [2.05, 4.69) is 30.0 Å². The van der Waals surface area contributed by atoms with E-state index in [0.717, 1.165) is 32.6 Å². The number of aromatic nitrogens is 2. The zero-order valence-corrected chi connectivity index (χ0v) is 12.4. The third-order valence-electron chi connectivity index (χ3n) is 3.87. The number of aliphatic hydroxyl groups excluding tert-OH is 1. The van der Waals surface area contributed by atoms with Gasteiger partial charge in [-0.2, -0.15) is 5.10 Å². The Kier molecular flexibility index (Phi) is 4.99. The smallest absolute Gasteiger partial charge is 0.0552 e. The summed E-state index contributed by atoms with van der Waals surface area (Å²) in [5, 5.41) is 14.1. The van der Waals surface area contributed by atoms with E-state index in [-0.39, 0.29) is 6.10 Å². The third-order valence-corrected chi connectivity index (χ3v) is 3.87. The number of nitrogens with zero attached hydrogens (tertiary/aromatic N) is 3. The van der Waals surface area contributed by atoms with Crippen molar-refractivity contribution >= 4 is 0 Å². The molecule has 1 fully saturated rings. The first-order chi connectivity index (χ1) is 9.04. The number of piperidine rings is 1. The largest absolute Gasteiger partial charge is 0.393 e. The molecule has 0 spiro atoms. The molecular weight excluding hydrogens is 238 g/mol. The average molecular weight is 265 g/mol. The van der Waals surface area contributed by atoms with E-state index >= 15 is 0 Å². The monoisotopic (exact) mass is 265 g/mol. The van der Waals surface area contributed by atoms with Crippen LogP contribution in [0.3, 0.4) is 0 Å². The standard InChI is InChI=1S/C15H27N3O/c1-12(2)8-18-10-14(7-16-18)9-17-6-4-5-15(11-17)13(3)19/h7,10,12-13,15,19H,4-6,8-9,11H2,1-3H3/t13-,15+/m0/s1. The van der Waals surface area contributed by atoms with Crippen LogP contribution < -0.4 is 0 Å². The number of hydrogen-bond donors (Lipinski definition) is 1. The van der Waals surface area contributed by atoms with E-state index in [1.165, 1.54) is 12.0 Å². The molecule has 1 aromatic heterocycles. The highest BCUT2D eigenvalue weighted by Crippen LogP contribution is 2.21. The molecule has 1 aromatic rings. The first-order valence-electron chi connectivity index (χ1n) is 7.46. The van der Waals surface area contributed by atoms with Gasteiger partial charge in [0, 0.05) is 31.4 Å². The zero-order valence-electron chi connectivity index (χ0n) is 12.4. The van der Waals surface area contributed by atoms with Gasteiger partial charge in [-0.3, -0.25) is 9.58 Å². The lowest BCUT2D eigenvalue weighted by molar-refractivity contribution is 0.0599. The molecule has 0 bridgehead atoms. The van der Waals surface area contributed by atoms with Gasteiger partial charge in [0.15, 0.2) is 0 Å². The van der Waals surface area contributed by atoms with Crippen LogP contribution in [-0.4, -0.2) is 39.0 Å². The predicted octanol–water partition coefficient (Wildman–Crippen LogP) is 2.13. The minimum atomic E-state index is -0.188. The van der Waals surface area contributed by atoms with Crippen LogP contribution in [0.25, 0.3) is 0 Å². The Labute approximate surface area is 116 Å². The van der Waals surface area contributed by atoms with Crippen molar-refractivity contribution in [2.24, 2.45) is 11.8 Å². The van der Waals surface area contributed by atoms with Crippen molar-refractivity contribution < 1.29 is 5.11 Å². The Balaban J connectivity index is 1.88. The van der Waals surface area contributed by atoms with Crippen LogP contribution in [0.2, 0.25) is 0 Å². The van der Waals surface area contributed by atoms with E-state index in [0.29, 0.717) is 11.8 Å². The lowest BCUT2D eigenvalue weighted by Gasteiger charge is -2.33. The van der Waals surface area contributed by atoms with Crippen LogP contribution in [0.15, 0.2) is 12.4 Å². The minimum absolute atomic E-state index is 0.188. The van der Waals surface area contributed by atoms with E-state index < -0.39 is 0 Å². The summed E-state index contributed by atoms with van der Waals surface area (Å²) in [6, 6.07) is 0. The zero-order chi connectivity index (χ0) is 13.8. The minimum Gasteiger partial charge on any atom is -0.393 e. The molecule has 2 rings (SSSR count). The van der Waals surface area contributed by atoms with Gasteiger partial charge in [-0.25, -0.2) is 0 Å². The Bertz CT molecular complexity index is 386. The van der Waals surface area contributed by atoms with Gasteiger partial charge >= 0.3 is 0 Å². The second-order valence-electron chi connectivity index (χ2n) is 6.34. The molecule has 0 saturated carbocycles. The molecule has 2 atom stereocenters. The fourth-order valence-electron chi connectivity index (χ4n) is 2.85. The van der Waals surface area contributed by atoms with Crippen molar-refractivity contribution in [1.82, 2.24) is 14.7 Å². The number of likely N-dealkylation sites (tertiary alicyclic amines) is 1. The molecule has 0 aromatic carbocycles. The van der Waals surface area contributed by atoms with Crippen LogP contribution in [0, 0.1) is 11.8 Å². The summed E-state index contributed by atoms with van der Waals surface area (Å²) < 4.78 is 2.04.